The Labute approximate surface area is 151 Å². The summed E-state index contributed by atoms with van der Waals surface area (Å²) in [5.74, 6) is 0.721. The zero-order valence-electron chi connectivity index (χ0n) is 15.0. The van der Waals surface area contributed by atoms with Crippen LogP contribution in [-0.2, 0) is 10.5 Å². The van der Waals surface area contributed by atoms with E-state index in [1.54, 1.807) is 11.9 Å². The summed E-state index contributed by atoms with van der Waals surface area (Å²) in [5.41, 5.74) is 9.91. The number of amides is 1. The summed E-state index contributed by atoms with van der Waals surface area (Å²) in [4.78, 5) is 21.0. The molecule has 7 heteroatoms. The fourth-order valence-electron chi connectivity index (χ4n) is 3.44. The molecule has 0 radical (unpaired) electrons. The van der Waals surface area contributed by atoms with Crippen molar-refractivity contribution in [3.05, 3.63) is 59.2 Å². The van der Waals surface area contributed by atoms with Gasteiger partial charge in [0.2, 0.25) is 0 Å². The summed E-state index contributed by atoms with van der Waals surface area (Å²) in [6, 6.07) is 13.7. The first-order valence-corrected chi connectivity index (χ1v) is 8.45. The summed E-state index contributed by atoms with van der Waals surface area (Å²) in [7, 11) is 1.76. The molecule has 2 aromatic rings. The number of nitrogens with two attached hydrogens (primary N) is 1. The molecule has 0 fully saturated rings. The number of likely N-dealkylation sites (N-methyl/N-ethyl adjacent to an activating group) is 1. The molecule has 2 aliphatic rings. The van der Waals surface area contributed by atoms with Crippen LogP contribution in [0, 0.1) is 13.8 Å². The average Bonchev–Trinajstić information content (AvgIpc) is 2.80. The molecule has 7 nitrogen and oxygen atoms in total. The van der Waals surface area contributed by atoms with Gasteiger partial charge in [0, 0.05) is 7.05 Å². The van der Waals surface area contributed by atoms with E-state index < -0.39 is 5.66 Å². The largest absolute Gasteiger partial charge is 0.361 e. The Morgan fingerprint density at radius 1 is 1.12 bits per heavy atom. The molecule has 6 N–H and O–H groups in total. The number of para-hydroxylation sites is 1. The summed E-state index contributed by atoms with van der Waals surface area (Å²) >= 11 is 0. The van der Waals surface area contributed by atoms with Crippen molar-refractivity contribution in [1.82, 2.24) is 5.32 Å². The van der Waals surface area contributed by atoms with E-state index >= 15 is 0 Å². The number of hydrogen-bond acceptors (Lipinski definition) is 4. The predicted octanol–water partition coefficient (Wildman–Crippen LogP) is -2.02. The summed E-state index contributed by atoms with van der Waals surface area (Å²) in [5, 5.41) is 6.30. The predicted molar refractivity (Wildman–Crippen MR) is 100 cm³/mol. The van der Waals surface area contributed by atoms with Gasteiger partial charge in [-0.05, 0) is 49.2 Å². The Bertz CT molecular complexity index is 980. The maximum Gasteiger partial charge on any atom is 0.361 e. The molecule has 0 aromatic heterocycles. The van der Waals surface area contributed by atoms with Crippen LogP contribution < -0.4 is 31.3 Å². The SMILES string of the molecule is Cc1ccc(NC2=[NH+][C@@]3([NH+]=C(N)N2)C(=O)N(C)c2ccccc23)cc1C. The Morgan fingerprint density at radius 3 is 2.65 bits per heavy atom. The molecule has 0 aliphatic carbocycles. The number of rotatable bonds is 1. The molecule has 1 spiro atoms. The number of carbonyl (C=O) groups excluding carboxylic acids is 1. The highest BCUT2D eigenvalue weighted by Crippen LogP contribution is 2.32. The van der Waals surface area contributed by atoms with E-state index in [1.165, 1.54) is 11.1 Å². The first-order valence-electron chi connectivity index (χ1n) is 8.45. The first-order chi connectivity index (χ1) is 12.4. The Balaban J connectivity index is 1.78. The number of carbonyl (C=O) groups is 1. The third-order valence-electron chi connectivity index (χ3n) is 4.97. The number of benzene rings is 2. The van der Waals surface area contributed by atoms with Gasteiger partial charge in [0.1, 0.15) is 0 Å². The van der Waals surface area contributed by atoms with Crippen LogP contribution in [0.15, 0.2) is 42.5 Å². The van der Waals surface area contributed by atoms with E-state index in [4.69, 9.17) is 5.73 Å². The van der Waals surface area contributed by atoms with E-state index in [0.717, 1.165) is 16.9 Å². The second kappa shape index (κ2) is 5.59. The van der Waals surface area contributed by atoms with Gasteiger partial charge in [-0.1, -0.05) is 18.2 Å². The second-order valence-electron chi connectivity index (χ2n) is 6.72. The third-order valence-corrected chi connectivity index (χ3v) is 4.97. The van der Waals surface area contributed by atoms with Gasteiger partial charge in [0.25, 0.3) is 0 Å². The molecule has 26 heavy (non-hydrogen) atoms. The van der Waals surface area contributed by atoms with Crippen LogP contribution in [0.4, 0.5) is 11.4 Å². The smallest absolute Gasteiger partial charge is 0.308 e. The molecule has 0 bridgehead atoms. The van der Waals surface area contributed by atoms with Crippen LogP contribution >= 0.6 is 0 Å². The van der Waals surface area contributed by atoms with Crippen LogP contribution in [0.5, 0.6) is 0 Å². The molecule has 0 saturated carbocycles. The molecule has 2 aliphatic heterocycles. The van der Waals surface area contributed by atoms with Crippen molar-refractivity contribution in [1.29, 1.82) is 0 Å². The lowest BCUT2D eigenvalue weighted by atomic mass is 10.0. The molecule has 132 valence electrons. The molecule has 0 saturated heterocycles. The van der Waals surface area contributed by atoms with Gasteiger partial charge >= 0.3 is 23.5 Å². The van der Waals surface area contributed by atoms with Crippen LogP contribution in [0.1, 0.15) is 16.7 Å². The van der Waals surface area contributed by atoms with Gasteiger partial charge in [-0.25, -0.2) is 15.3 Å². The van der Waals surface area contributed by atoms with Crippen molar-refractivity contribution in [2.24, 2.45) is 5.73 Å². The van der Waals surface area contributed by atoms with E-state index in [1.807, 2.05) is 42.5 Å². The first kappa shape index (κ1) is 16.1. The summed E-state index contributed by atoms with van der Waals surface area (Å²) < 4.78 is 0. The van der Waals surface area contributed by atoms with Gasteiger partial charge in [-0.3, -0.25) is 10.5 Å². The average molecular weight is 350 g/mol. The minimum atomic E-state index is -1.14. The maximum absolute atomic E-state index is 13.0. The molecule has 2 heterocycles. The van der Waals surface area contributed by atoms with Crippen molar-refractivity contribution in [2.45, 2.75) is 19.5 Å². The number of anilines is 2. The van der Waals surface area contributed by atoms with Gasteiger partial charge < -0.3 is 4.90 Å². The lowest BCUT2D eigenvalue weighted by molar-refractivity contribution is -0.789. The van der Waals surface area contributed by atoms with Gasteiger partial charge in [-0.15, -0.1) is 0 Å². The highest BCUT2D eigenvalue weighted by Gasteiger charge is 2.55. The van der Waals surface area contributed by atoms with Crippen LogP contribution in [0.2, 0.25) is 0 Å². The normalized spacial score (nSPS) is 21.2. The van der Waals surface area contributed by atoms with Crippen LogP contribution in [-0.4, -0.2) is 24.9 Å². The quantitative estimate of drug-likeness (QED) is 0.410. The zero-order chi connectivity index (χ0) is 18.5. The molecule has 4 rings (SSSR count). The van der Waals surface area contributed by atoms with E-state index in [9.17, 15) is 4.79 Å². The molecule has 1 atom stereocenters. The second-order valence-corrected chi connectivity index (χ2v) is 6.72. The molecule has 1 amide bonds. The third kappa shape index (κ3) is 2.32. The number of nitrogens with zero attached hydrogens (tertiary/aromatic N) is 1. The molecule has 0 unspecified atom stereocenters. The Morgan fingerprint density at radius 2 is 1.88 bits per heavy atom. The topological polar surface area (TPSA) is 98.3 Å². The van der Waals surface area contributed by atoms with Crippen molar-refractivity contribution in [3.63, 3.8) is 0 Å². The fourth-order valence-corrected chi connectivity index (χ4v) is 3.44. The van der Waals surface area contributed by atoms with E-state index in [2.05, 4.69) is 34.5 Å². The summed E-state index contributed by atoms with van der Waals surface area (Å²) in [6.45, 7) is 4.13. The van der Waals surface area contributed by atoms with E-state index in [0.29, 0.717) is 11.9 Å². The highest BCUT2D eigenvalue weighted by molar-refractivity contribution is 6.07. The number of guanidine groups is 2. The minimum absolute atomic E-state index is 0.123. The van der Waals surface area contributed by atoms with Gasteiger partial charge in [0.05, 0.1) is 16.9 Å². The molecular formula is C19H22N6O+2. The van der Waals surface area contributed by atoms with Gasteiger partial charge in [-0.2, -0.15) is 5.32 Å². The Kier molecular flexibility index (Phi) is 3.47. The monoisotopic (exact) mass is 350 g/mol. The molecule has 2 aromatic carbocycles. The van der Waals surface area contributed by atoms with Crippen molar-refractivity contribution < 1.29 is 14.8 Å². The van der Waals surface area contributed by atoms with Crippen molar-refractivity contribution >= 4 is 29.2 Å². The fraction of sp³-hybridized carbons (Fsp3) is 0.211. The van der Waals surface area contributed by atoms with Gasteiger partial charge in [0.15, 0.2) is 0 Å². The lowest BCUT2D eigenvalue weighted by Crippen LogP contribution is -3.14. The molecular weight excluding hydrogens is 328 g/mol. The number of fused-ring (bicyclic) bond motifs is 2. The lowest BCUT2D eigenvalue weighted by Gasteiger charge is -2.22. The number of aryl methyl sites for hydroxylation is 2. The minimum Gasteiger partial charge on any atom is -0.308 e. The Hall–Kier alpha value is -3.35. The number of hydrogen-bond donors (Lipinski definition) is 5. The zero-order valence-corrected chi connectivity index (χ0v) is 15.0. The maximum atomic E-state index is 13.0. The summed E-state index contributed by atoms with van der Waals surface area (Å²) in [6.07, 6.45) is 0. The van der Waals surface area contributed by atoms with Crippen LogP contribution in [0.3, 0.4) is 0 Å². The number of nitrogens with one attached hydrogen (secondary N) is 4. The standard InChI is InChI=1S/C19H20N6O/c1-11-8-9-13(10-12(11)2)21-18-22-17(20)23-19(24-18)14-6-4-5-7-15(14)25(3)16(19)26/h4-10H,1-3H3,(H4,20,21,22,23,24)/p+2/t19-/m1/s1. The van der Waals surface area contributed by atoms with Crippen molar-refractivity contribution in [2.75, 3.05) is 17.3 Å². The highest BCUT2D eigenvalue weighted by atomic mass is 16.2. The van der Waals surface area contributed by atoms with Crippen molar-refractivity contribution in [3.8, 4) is 0 Å². The van der Waals surface area contributed by atoms with E-state index in [-0.39, 0.29) is 5.91 Å². The van der Waals surface area contributed by atoms with Crippen LogP contribution in [0.25, 0.3) is 0 Å².